The molecule has 3 aromatic rings. The normalized spacial score (nSPS) is 14.7. The minimum absolute atomic E-state index is 0.0533. The Morgan fingerprint density at radius 1 is 1.18 bits per heavy atom. The molecule has 7 heteroatoms. The molecule has 1 saturated heterocycles. The van der Waals surface area contributed by atoms with Crippen molar-refractivity contribution in [3.63, 3.8) is 0 Å². The summed E-state index contributed by atoms with van der Waals surface area (Å²) in [5.41, 5.74) is 4.16. The summed E-state index contributed by atoms with van der Waals surface area (Å²) in [6, 6.07) is 13.3. The number of hydrogen-bond acceptors (Lipinski definition) is 5. The lowest BCUT2D eigenvalue weighted by Gasteiger charge is -2.24. The molecule has 6 nitrogen and oxygen atoms in total. The summed E-state index contributed by atoms with van der Waals surface area (Å²) in [6.45, 7) is 3.05. The number of anilines is 2. The minimum Gasteiger partial charge on any atom is -0.392 e. The molecule has 0 atom stereocenters. The van der Waals surface area contributed by atoms with Crippen molar-refractivity contribution in [1.82, 2.24) is 9.88 Å². The zero-order chi connectivity index (χ0) is 19.3. The highest BCUT2D eigenvalue weighted by atomic mass is 35.5. The number of fused-ring (bicyclic) bond motifs is 1. The van der Waals surface area contributed by atoms with Gasteiger partial charge in [0.15, 0.2) is 0 Å². The Bertz CT molecular complexity index is 1000. The minimum atomic E-state index is -0.0533. The van der Waals surface area contributed by atoms with Crippen LogP contribution >= 0.6 is 11.6 Å². The van der Waals surface area contributed by atoms with Crippen molar-refractivity contribution in [3.8, 4) is 0 Å². The van der Waals surface area contributed by atoms with Crippen molar-refractivity contribution in [2.24, 2.45) is 4.99 Å². The van der Waals surface area contributed by atoms with Crippen molar-refractivity contribution in [2.75, 3.05) is 31.6 Å². The summed E-state index contributed by atoms with van der Waals surface area (Å²) in [4.78, 5) is 11.1. The van der Waals surface area contributed by atoms with Gasteiger partial charge in [-0.2, -0.15) is 0 Å². The molecular formula is C21H21ClN4O2. The number of rotatable bonds is 5. The van der Waals surface area contributed by atoms with Crippen LogP contribution in [0.2, 0.25) is 5.02 Å². The number of ether oxygens (including phenoxy) is 1. The molecule has 1 aromatic heterocycles. The molecule has 4 rings (SSSR count). The van der Waals surface area contributed by atoms with Gasteiger partial charge in [0.25, 0.3) is 0 Å². The fourth-order valence-corrected chi connectivity index (χ4v) is 3.31. The summed E-state index contributed by atoms with van der Waals surface area (Å²) in [5, 5.41) is 14.7. The molecule has 0 aliphatic carbocycles. The molecule has 0 unspecified atom stereocenters. The van der Waals surface area contributed by atoms with Crippen molar-refractivity contribution in [3.05, 3.63) is 59.2 Å². The van der Waals surface area contributed by atoms with Gasteiger partial charge in [0.05, 0.1) is 37.4 Å². The van der Waals surface area contributed by atoms with Crippen molar-refractivity contribution < 1.29 is 9.84 Å². The number of hydrogen-bond donors (Lipinski definition) is 2. The second kappa shape index (κ2) is 8.56. The zero-order valence-electron chi connectivity index (χ0n) is 15.3. The van der Waals surface area contributed by atoms with Crippen molar-refractivity contribution in [1.29, 1.82) is 0 Å². The SMILES string of the molecule is OCc1cc(N=CN2CCOCC2)cc(Nc2ccnc3cc(Cl)ccc23)c1. The number of aliphatic hydroxyl groups is 1. The van der Waals surface area contributed by atoms with Crippen LogP contribution < -0.4 is 5.32 Å². The van der Waals surface area contributed by atoms with Gasteiger partial charge in [-0.1, -0.05) is 11.6 Å². The predicted molar refractivity (Wildman–Crippen MR) is 113 cm³/mol. The van der Waals surface area contributed by atoms with Crippen LogP contribution in [-0.2, 0) is 11.3 Å². The third-order valence-electron chi connectivity index (χ3n) is 4.56. The first kappa shape index (κ1) is 18.7. The number of halogens is 1. The molecule has 0 amide bonds. The number of nitrogens with one attached hydrogen (secondary N) is 1. The first-order valence-electron chi connectivity index (χ1n) is 9.13. The van der Waals surface area contributed by atoms with Crippen LogP contribution in [0.5, 0.6) is 0 Å². The van der Waals surface area contributed by atoms with E-state index in [2.05, 4.69) is 20.2 Å². The number of aliphatic imine (C=N–C) groups is 1. The lowest BCUT2D eigenvalue weighted by molar-refractivity contribution is 0.0701. The Hall–Kier alpha value is -2.67. The van der Waals surface area contributed by atoms with Gasteiger partial charge in [0, 0.05) is 41.1 Å². The number of pyridine rings is 1. The second-order valence-electron chi connectivity index (χ2n) is 6.58. The fraction of sp³-hybridized carbons (Fsp3) is 0.238. The number of benzene rings is 2. The summed E-state index contributed by atoms with van der Waals surface area (Å²) in [7, 11) is 0. The lowest BCUT2D eigenvalue weighted by Crippen LogP contribution is -2.34. The standard InChI is InChI=1S/C21H21ClN4O2/c22-16-1-2-19-20(3-4-23-21(19)11-16)25-18-10-15(13-27)9-17(12-18)24-14-26-5-7-28-8-6-26/h1-4,9-12,14,27H,5-8,13H2,(H,23,25). The number of nitrogens with zero attached hydrogens (tertiary/aromatic N) is 3. The average molecular weight is 397 g/mol. The van der Waals surface area contributed by atoms with E-state index in [-0.39, 0.29) is 6.61 Å². The van der Waals surface area contributed by atoms with Gasteiger partial charge in [-0.05, 0) is 48.0 Å². The van der Waals surface area contributed by atoms with E-state index in [1.165, 1.54) is 0 Å². The van der Waals surface area contributed by atoms with E-state index in [1.54, 1.807) is 6.20 Å². The van der Waals surface area contributed by atoms with E-state index in [4.69, 9.17) is 16.3 Å². The third-order valence-corrected chi connectivity index (χ3v) is 4.79. The number of aromatic nitrogens is 1. The lowest BCUT2D eigenvalue weighted by atomic mass is 10.1. The largest absolute Gasteiger partial charge is 0.392 e. The first-order valence-corrected chi connectivity index (χ1v) is 9.51. The Balaban J connectivity index is 1.62. The van der Waals surface area contributed by atoms with E-state index < -0.39 is 0 Å². The van der Waals surface area contributed by atoms with Crippen LogP contribution in [0, 0.1) is 0 Å². The highest BCUT2D eigenvalue weighted by Gasteiger charge is 2.08. The smallest absolute Gasteiger partial charge is 0.0913 e. The zero-order valence-corrected chi connectivity index (χ0v) is 16.1. The Morgan fingerprint density at radius 2 is 2.04 bits per heavy atom. The highest BCUT2D eigenvalue weighted by molar-refractivity contribution is 6.31. The van der Waals surface area contributed by atoms with E-state index in [0.29, 0.717) is 18.2 Å². The van der Waals surface area contributed by atoms with E-state index in [0.717, 1.165) is 46.6 Å². The molecule has 2 N–H and O–H groups in total. The second-order valence-corrected chi connectivity index (χ2v) is 7.02. The molecule has 1 aliphatic rings. The van der Waals surface area contributed by atoms with Crippen LogP contribution in [0.3, 0.4) is 0 Å². The molecule has 144 valence electrons. The van der Waals surface area contributed by atoms with Crippen molar-refractivity contribution in [2.45, 2.75) is 6.61 Å². The Morgan fingerprint density at radius 3 is 2.86 bits per heavy atom. The molecule has 2 aromatic carbocycles. The third kappa shape index (κ3) is 4.42. The maximum absolute atomic E-state index is 9.64. The van der Waals surface area contributed by atoms with Gasteiger partial charge < -0.3 is 20.1 Å². The molecule has 0 bridgehead atoms. The van der Waals surface area contributed by atoms with Crippen molar-refractivity contribution >= 4 is 45.9 Å². The molecular weight excluding hydrogens is 376 g/mol. The Labute approximate surface area is 168 Å². The van der Waals surface area contributed by atoms with Crippen LogP contribution in [0.15, 0.2) is 53.7 Å². The molecule has 0 spiro atoms. The quantitative estimate of drug-likeness (QED) is 0.501. The summed E-state index contributed by atoms with van der Waals surface area (Å²) in [6.07, 6.45) is 3.58. The molecule has 1 fully saturated rings. The van der Waals surface area contributed by atoms with Gasteiger partial charge in [-0.3, -0.25) is 4.98 Å². The van der Waals surface area contributed by atoms with Gasteiger partial charge in [0.2, 0.25) is 0 Å². The maximum atomic E-state index is 9.64. The first-order chi connectivity index (χ1) is 13.7. The van der Waals surface area contributed by atoms with Gasteiger partial charge in [-0.25, -0.2) is 4.99 Å². The van der Waals surface area contributed by atoms with E-state index in [1.807, 2.05) is 48.8 Å². The van der Waals surface area contributed by atoms with Crippen LogP contribution in [-0.4, -0.2) is 47.6 Å². The monoisotopic (exact) mass is 396 g/mol. The fourth-order valence-electron chi connectivity index (χ4n) is 3.14. The number of morpholine rings is 1. The number of aliphatic hydroxyl groups excluding tert-OH is 1. The average Bonchev–Trinajstić information content (AvgIpc) is 2.73. The highest BCUT2D eigenvalue weighted by Crippen LogP contribution is 2.29. The summed E-state index contributed by atoms with van der Waals surface area (Å²) < 4.78 is 5.36. The molecule has 2 heterocycles. The van der Waals surface area contributed by atoms with Crippen LogP contribution in [0.1, 0.15) is 5.56 Å². The molecule has 0 radical (unpaired) electrons. The van der Waals surface area contributed by atoms with E-state index >= 15 is 0 Å². The maximum Gasteiger partial charge on any atom is 0.0913 e. The summed E-state index contributed by atoms with van der Waals surface area (Å²) in [5.74, 6) is 0. The van der Waals surface area contributed by atoms with Gasteiger partial charge in [-0.15, -0.1) is 0 Å². The molecule has 28 heavy (non-hydrogen) atoms. The summed E-state index contributed by atoms with van der Waals surface area (Å²) >= 11 is 6.07. The van der Waals surface area contributed by atoms with Crippen LogP contribution in [0.4, 0.5) is 17.1 Å². The molecule has 1 aliphatic heterocycles. The molecule has 0 saturated carbocycles. The van der Waals surface area contributed by atoms with Crippen LogP contribution in [0.25, 0.3) is 10.9 Å². The van der Waals surface area contributed by atoms with E-state index in [9.17, 15) is 5.11 Å². The van der Waals surface area contributed by atoms with Gasteiger partial charge in [0.1, 0.15) is 0 Å². The predicted octanol–water partition coefficient (Wildman–Crippen LogP) is 4.12. The van der Waals surface area contributed by atoms with Gasteiger partial charge >= 0.3 is 0 Å². The topological polar surface area (TPSA) is 70.0 Å². The Kier molecular flexibility index (Phi) is 5.71.